The van der Waals surface area contributed by atoms with Crippen LogP contribution in [0, 0.1) is 13.8 Å². The molecule has 0 unspecified atom stereocenters. The molecule has 1 aliphatic heterocycles. The minimum atomic E-state index is -1.00. The van der Waals surface area contributed by atoms with Crippen molar-refractivity contribution in [1.82, 2.24) is 24.6 Å². The summed E-state index contributed by atoms with van der Waals surface area (Å²) in [4.78, 5) is 32.3. The summed E-state index contributed by atoms with van der Waals surface area (Å²) in [5, 5.41) is 23.0. The average molecular weight is 361 g/mol. The number of rotatable bonds is 5. The Kier molecular flexibility index (Phi) is 5.19. The van der Waals surface area contributed by atoms with Crippen LogP contribution < -0.4 is 5.69 Å². The van der Waals surface area contributed by atoms with Gasteiger partial charge in [-0.15, -0.1) is 0 Å². The highest BCUT2D eigenvalue weighted by Crippen LogP contribution is 2.19. The van der Waals surface area contributed by atoms with Crippen molar-refractivity contribution in [2.24, 2.45) is 0 Å². The van der Waals surface area contributed by atoms with Gasteiger partial charge in [-0.05, 0) is 31.9 Å². The Labute approximate surface area is 150 Å². The topological polar surface area (TPSA) is 124 Å². The van der Waals surface area contributed by atoms with Gasteiger partial charge in [-0.1, -0.05) is 0 Å². The lowest BCUT2D eigenvalue weighted by atomic mass is 10.1. The number of aromatic nitrogens is 4. The number of hydrogen-bond acceptors (Lipinski definition) is 6. The van der Waals surface area contributed by atoms with Gasteiger partial charge in [-0.2, -0.15) is 10.1 Å². The van der Waals surface area contributed by atoms with Gasteiger partial charge in [0.05, 0.1) is 31.1 Å². The molecule has 2 aromatic rings. The van der Waals surface area contributed by atoms with Crippen molar-refractivity contribution in [2.75, 3.05) is 13.2 Å². The summed E-state index contributed by atoms with van der Waals surface area (Å²) in [6, 6.07) is 1.72. The number of nitrogens with zero attached hydrogens (tertiary/aromatic N) is 4. The zero-order valence-electron chi connectivity index (χ0n) is 14.9. The van der Waals surface area contributed by atoms with Gasteiger partial charge in [-0.25, -0.2) is 4.79 Å². The SMILES string of the molecule is Cc1nc(=O)[nH]c(C)c1CCC(=O)N1CCn2nc([C@H](O)CO)cc2C1. The highest BCUT2D eigenvalue weighted by Gasteiger charge is 2.24. The van der Waals surface area contributed by atoms with Crippen LogP contribution in [0.5, 0.6) is 0 Å². The maximum Gasteiger partial charge on any atom is 0.345 e. The summed E-state index contributed by atoms with van der Waals surface area (Å²) in [6.45, 7) is 4.72. The van der Waals surface area contributed by atoms with Crippen LogP contribution >= 0.6 is 0 Å². The first kappa shape index (κ1) is 18.3. The van der Waals surface area contributed by atoms with Crippen molar-refractivity contribution in [3.05, 3.63) is 44.9 Å². The van der Waals surface area contributed by atoms with Crippen LogP contribution in [0.25, 0.3) is 0 Å². The fraction of sp³-hybridized carbons (Fsp3) is 0.529. The second kappa shape index (κ2) is 7.38. The van der Waals surface area contributed by atoms with Crippen molar-refractivity contribution in [3.8, 4) is 0 Å². The molecule has 26 heavy (non-hydrogen) atoms. The van der Waals surface area contributed by atoms with E-state index in [1.165, 1.54) is 0 Å². The van der Waals surface area contributed by atoms with Crippen molar-refractivity contribution in [2.45, 2.75) is 45.9 Å². The van der Waals surface area contributed by atoms with Gasteiger partial charge in [0.25, 0.3) is 0 Å². The molecule has 140 valence electrons. The van der Waals surface area contributed by atoms with E-state index in [1.807, 2.05) is 6.92 Å². The fourth-order valence-corrected chi connectivity index (χ4v) is 3.27. The van der Waals surface area contributed by atoms with E-state index in [-0.39, 0.29) is 18.2 Å². The standard InChI is InChI=1S/C17H23N5O4/c1-10-13(11(2)19-17(26)18-10)3-4-16(25)21-5-6-22-12(8-21)7-14(20-22)15(24)9-23/h7,15,23-24H,3-6,8-9H2,1-2H3,(H,18,19,26)/t15-/m1/s1. The van der Waals surface area contributed by atoms with Crippen LogP contribution in [0.2, 0.25) is 0 Å². The highest BCUT2D eigenvalue weighted by atomic mass is 16.3. The Bertz CT molecular complexity index is 846. The first-order chi connectivity index (χ1) is 12.4. The number of amides is 1. The van der Waals surface area contributed by atoms with Gasteiger partial charge in [0.15, 0.2) is 0 Å². The average Bonchev–Trinajstić information content (AvgIpc) is 3.03. The molecule has 0 aliphatic carbocycles. The Balaban J connectivity index is 1.65. The highest BCUT2D eigenvalue weighted by molar-refractivity contribution is 5.76. The molecule has 3 heterocycles. The number of aromatic amines is 1. The number of H-pyrrole nitrogens is 1. The normalized spacial score (nSPS) is 15.0. The molecule has 9 nitrogen and oxygen atoms in total. The molecular formula is C17H23N5O4. The number of carbonyl (C=O) groups excluding carboxylic acids is 1. The summed E-state index contributed by atoms with van der Waals surface area (Å²) < 4.78 is 1.76. The van der Waals surface area contributed by atoms with Crippen LogP contribution in [0.4, 0.5) is 0 Å². The molecule has 1 aliphatic rings. The van der Waals surface area contributed by atoms with Crippen LogP contribution in [0.15, 0.2) is 10.9 Å². The predicted molar refractivity (Wildman–Crippen MR) is 92.3 cm³/mol. The molecule has 0 radical (unpaired) electrons. The zero-order chi connectivity index (χ0) is 18.8. The Morgan fingerprint density at radius 2 is 2.15 bits per heavy atom. The van der Waals surface area contributed by atoms with Crippen molar-refractivity contribution < 1.29 is 15.0 Å². The predicted octanol–water partition coefficient (Wildman–Crippen LogP) is -0.416. The van der Waals surface area contributed by atoms with Gasteiger partial charge in [-0.3, -0.25) is 9.48 Å². The summed E-state index contributed by atoms with van der Waals surface area (Å²) in [5.41, 5.74) is 3.18. The quantitative estimate of drug-likeness (QED) is 0.665. The summed E-state index contributed by atoms with van der Waals surface area (Å²) >= 11 is 0. The minimum Gasteiger partial charge on any atom is -0.393 e. The van der Waals surface area contributed by atoms with Crippen molar-refractivity contribution >= 4 is 5.91 Å². The van der Waals surface area contributed by atoms with Gasteiger partial charge in [0, 0.05) is 24.4 Å². The first-order valence-corrected chi connectivity index (χ1v) is 8.58. The lowest BCUT2D eigenvalue weighted by Gasteiger charge is -2.27. The maximum absolute atomic E-state index is 12.6. The van der Waals surface area contributed by atoms with E-state index < -0.39 is 6.10 Å². The largest absolute Gasteiger partial charge is 0.393 e. The van der Waals surface area contributed by atoms with E-state index in [0.29, 0.717) is 43.9 Å². The molecule has 0 aromatic carbocycles. The van der Waals surface area contributed by atoms with E-state index in [0.717, 1.165) is 17.0 Å². The molecule has 0 saturated carbocycles. The third-order valence-electron chi connectivity index (χ3n) is 4.73. The number of nitrogens with one attached hydrogen (secondary N) is 1. The third-order valence-corrected chi connectivity index (χ3v) is 4.73. The molecule has 1 amide bonds. The van der Waals surface area contributed by atoms with Crippen LogP contribution in [0.1, 0.15) is 40.9 Å². The summed E-state index contributed by atoms with van der Waals surface area (Å²) in [6.07, 6.45) is -0.156. The van der Waals surface area contributed by atoms with E-state index in [4.69, 9.17) is 5.11 Å². The van der Waals surface area contributed by atoms with Crippen molar-refractivity contribution in [1.29, 1.82) is 0 Å². The lowest BCUT2D eigenvalue weighted by Crippen LogP contribution is -2.38. The second-order valence-corrected chi connectivity index (χ2v) is 6.53. The summed E-state index contributed by atoms with van der Waals surface area (Å²) in [5.74, 6) is 0.0201. The molecule has 9 heteroatoms. The van der Waals surface area contributed by atoms with Gasteiger partial charge < -0.3 is 20.1 Å². The van der Waals surface area contributed by atoms with Gasteiger partial charge >= 0.3 is 5.69 Å². The molecule has 1 atom stereocenters. The molecule has 0 spiro atoms. The molecule has 0 bridgehead atoms. The van der Waals surface area contributed by atoms with Gasteiger partial charge in [0.1, 0.15) is 6.10 Å². The molecule has 0 fully saturated rings. The minimum absolute atomic E-state index is 0.0201. The summed E-state index contributed by atoms with van der Waals surface area (Å²) in [7, 11) is 0. The fourth-order valence-electron chi connectivity index (χ4n) is 3.27. The van der Waals surface area contributed by atoms with Crippen LogP contribution in [0.3, 0.4) is 0 Å². The number of aliphatic hydroxyl groups excluding tert-OH is 2. The molecule has 2 aromatic heterocycles. The number of aryl methyl sites for hydroxylation is 2. The Hall–Kier alpha value is -2.52. The Morgan fingerprint density at radius 3 is 2.85 bits per heavy atom. The van der Waals surface area contributed by atoms with Crippen LogP contribution in [-0.2, 0) is 24.3 Å². The van der Waals surface area contributed by atoms with Crippen LogP contribution in [-0.4, -0.2) is 53.9 Å². The van der Waals surface area contributed by atoms with E-state index >= 15 is 0 Å². The van der Waals surface area contributed by atoms with Crippen molar-refractivity contribution in [3.63, 3.8) is 0 Å². The monoisotopic (exact) mass is 361 g/mol. The zero-order valence-corrected chi connectivity index (χ0v) is 14.9. The smallest absolute Gasteiger partial charge is 0.345 e. The second-order valence-electron chi connectivity index (χ2n) is 6.53. The Morgan fingerprint density at radius 1 is 1.38 bits per heavy atom. The number of hydrogen-bond donors (Lipinski definition) is 3. The molecule has 3 N–H and O–H groups in total. The molecule has 3 rings (SSSR count). The van der Waals surface area contributed by atoms with E-state index in [2.05, 4.69) is 15.1 Å². The molecule has 0 saturated heterocycles. The van der Waals surface area contributed by atoms with E-state index in [9.17, 15) is 14.7 Å². The first-order valence-electron chi connectivity index (χ1n) is 8.58. The van der Waals surface area contributed by atoms with Gasteiger partial charge in [0.2, 0.25) is 5.91 Å². The number of fused-ring (bicyclic) bond motifs is 1. The third kappa shape index (κ3) is 3.68. The molecular weight excluding hydrogens is 338 g/mol. The maximum atomic E-state index is 12.6. The lowest BCUT2D eigenvalue weighted by molar-refractivity contribution is -0.132. The number of carbonyl (C=O) groups is 1. The number of aliphatic hydroxyl groups is 2. The van der Waals surface area contributed by atoms with E-state index in [1.54, 1.807) is 22.6 Å².